The Morgan fingerprint density at radius 3 is 2.70 bits per heavy atom. The topological polar surface area (TPSA) is 90.6 Å². The number of aromatic hydroxyl groups is 2. The Morgan fingerprint density at radius 1 is 1.13 bits per heavy atom. The van der Waals surface area contributed by atoms with Gasteiger partial charge in [0.25, 0.3) is 0 Å². The number of phenols is 1. The van der Waals surface area contributed by atoms with Gasteiger partial charge in [-0.3, -0.25) is 9.88 Å². The van der Waals surface area contributed by atoms with E-state index >= 15 is 0 Å². The molecule has 8 heteroatoms. The Morgan fingerprint density at radius 2 is 1.93 bits per heavy atom. The van der Waals surface area contributed by atoms with E-state index in [1.165, 1.54) is 12.1 Å². The first-order valence-electron chi connectivity index (χ1n) is 9.66. The number of fused-ring (bicyclic) bond motifs is 2. The molecule has 1 aliphatic heterocycles. The minimum atomic E-state index is -0.339. The monoisotopic (exact) mass is 406 g/mol. The van der Waals surface area contributed by atoms with E-state index in [4.69, 9.17) is 0 Å². The van der Waals surface area contributed by atoms with E-state index in [0.717, 1.165) is 12.0 Å². The van der Waals surface area contributed by atoms with Crippen LogP contribution >= 0.6 is 0 Å². The molecular formula is C22H19FN4O3. The van der Waals surface area contributed by atoms with E-state index in [2.05, 4.69) is 10.3 Å². The van der Waals surface area contributed by atoms with Gasteiger partial charge in [0.2, 0.25) is 5.88 Å². The molecule has 5 rings (SSSR count). The summed E-state index contributed by atoms with van der Waals surface area (Å²) in [5.41, 5.74) is 1.69. The van der Waals surface area contributed by atoms with Crippen LogP contribution in [0.5, 0.6) is 11.6 Å². The van der Waals surface area contributed by atoms with Gasteiger partial charge in [0.1, 0.15) is 11.3 Å². The van der Waals surface area contributed by atoms with Crippen molar-refractivity contribution in [3.05, 3.63) is 60.2 Å². The number of hydrogen-bond acceptors (Lipinski definition) is 4. The quantitative estimate of drug-likeness (QED) is 0.484. The number of nitrogens with one attached hydrogen (secondary N) is 1. The zero-order chi connectivity index (χ0) is 20.8. The van der Waals surface area contributed by atoms with Crippen LogP contribution in [0.1, 0.15) is 12.0 Å². The highest BCUT2D eigenvalue weighted by atomic mass is 19.1. The average molecular weight is 406 g/mol. The van der Waals surface area contributed by atoms with Gasteiger partial charge in [-0.25, -0.2) is 9.18 Å². The van der Waals surface area contributed by atoms with Crippen LogP contribution in [0.4, 0.5) is 14.9 Å². The molecule has 3 heterocycles. The summed E-state index contributed by atoms with van der Waals surface area (Å²) in [6, 6.07) is 9.29. The molecule has 1 saturated heterocycles. The number of halogens is 1. The first kappa shape index (κ1) is 18.2. The minimum absolute atomic E-state index is 0.141. The zero-order valence-electron chi connectivity index (χ0n) is 16.0. The second kappa shape index (κ2) is 6.91. The van der Waals surface area contributed by atoms with Crippen molar-refractivity contribution in [2.24, 2.45) is 0 Å². The predicted octanol–water partition coefficient (Wildman–Crippen LogP) is 3.71. The highest BCUT2D eigenvalue weighted by Crippen LogP contribution is 2.46. The van der Waals surface area contributed by atoms with Gasteiger partial charge < -0.3 is 20.1 Å². The van der Waals surface area contributed by atoms with Gasteiger partial charge in [-0.1, -0.05) is 12.1 Å². The maximum Gasteiger partial charge on any atom is 0.321 e. The van der Waals surface area contributed by atoms with Crippen molar-refractivity contribution < 1.29 is 19.4 Å². The number of carbonyl (C=O) groups excluding carboxylic acids is 1. The van der Waals surface area contributed by atoms with Crippen LogP contribution in [0.25, 0.3) is 21.7 Å². The second-order valence-corrected chi connectivity index (χ2v) is 7.33. The number of carbonyl (C=O) groups is 1. The van der Waals surface area contributed by atoms with Crippen LogP contribution in [0.15, 0.2) is 48.8 Å². The summed E-state index contributed by atoms with van der Waals surface area (Å²) in [7, 11) is 0. The number of pyridine rings is 1. The van der Waals surface area contributed by atoms with Gasteiger partial charge >= 0.3 is 6.03 Å². The number of hydrogen-bond donors (Lipinski definition) is 3. The van der Waals surface area contributed by atoms with Crippen molar-refractivity contribution in [3.63, 3.8) is 0 Å². The van der Waals surface area contributed by atoms with Crippen molar-refractivity contribution >= 4 is 33.4 Å². The van der Waals surface area contributed by atoms with Gasteiger partial charge in [0, 0.05) is 36.3 Å². The molecule has 2 aromatic carbocycles. The molecule has 152 valence electrons. The van der Waals surface area contributed by atoms with Gasteiger partial charge in [-0.2, -0.15) is 0 Å². The fourth-order valence-electron chi connectivity index (χ4n) is 4.05. The third-order valence-corrected chi connectivity index (χ3v) is 5.44. The summed E-state index contributed by atoms with van der Waals surface area (Å²) in [5, 5.41) is 26.1. The third-order valence-electron chi connectivity index (χ3n) is 5.44. The number of benzene rings is 2. The van der Waals surface area contributed by atoms with Gasteiger partial charge in [0.05, 0.1) is 17.6 Å². The predicted molar refractivity (Wildman–Crippen MR) is 111 cm³/mol. The summed E-state index contributed by atoms with van der Waals surface area (Å²) in [6.07, 6.45) is 4.04. The maximum atomic E-state index is 13.2. The van der Waals surface area contributed by atoms with Crippen molar-refractivity contribution in [3.8, 4) is 11.6 Å². The fourth-order valence-corrected chi connectivity index (χ4v) is 4.05. The molecular weight excluding hydrogens is 387 g/mol. The van der Waals surface area contributed by atoms with E-state index in [-0.39, 0.29) is 35.4 Å². The number of phenolic OH excluding ortho intramolecular Hbond substituents is 1. The molecule has 1 fully saturated rings. The summed E-state index contributed by atoms with van der Waals surface area (Å²) in [4.78, 5) is 18.5. The molecule has 0 aliphatic carbocycles. The lowest BCUT2D eigenvalue weighted by Gasteiger charge is -2.29. The van der Waals surface area contributed by atoms with Crippen LogP contribution in [-0.4, -0.2) is 38.9 Å². The SMILES string of the molecule is O=C1NCCCN1c1c2cccnc2c(O)c2c(O)n(Cc3ccc(F)cc3)cc12. The van der Waals surface area contributed by atoms with Crippen LogP contribution in [0, 0.1) is 5.82 Å². The van der Waals surface area contributed by atoms with E-state index in [0.29, 0.717) is 35.1 Å². The molecule has 0 unspecified atom stereocenters. The number of aromatic nitrogens is 2. The number of rotatable bonds is 3. The van der Waals surface area contributed by atoms with Crippen molar-refractivity contribution in [2.45, 2.75) is 13.0 Å². The summed E-state index contributed by atoms with van der Waals surface area (Å²) in [6.45, 7) is 1.39. The zero-order valence-corrected chi connectivity index (χ0v) is 16.0. The first-order valence-corrected chi connectivity index (χ1v) is 9.66. The van der Waals surface area contributed by atoms with E-state index in [1.807, 2.05) is 0 Å². The standard InChI is InChI=1S/C22H19FN4O3/c23-14-6-4-13(5-7-14)11-26-12-16-17(21(26)29)20(28)18-15(3-1-8-24-18)19(16)27-10-2-9-25-22(27)30/h1,3-8,12,28-29H,2,9-11H2,(H,25,30). The van der Waals surface area contributed by atoms with E-state index in [1.54, 1.807) is 46.1 Å². The Bertz CT molecular complexity index is 1280. The highest BCUT2D eigenvalue weighted by Gasteiger charge is 2.28. The normalized spacial score (nSPS) is 14.4. The summed E-state index contributed by atoms with van der Waals surface area (Å²) in [5.74, 6) is -0.621. The highest BCUT2D eigenvalue weighted by molar-refractivity contribution is 6.19. The molecule has 3 N–H and O–H groups in total. The Kier molecular flexibility index (Phi) is 4.20. The smallest absolute Gasteiger partial charge is 0.321 e. The van der Waals surface area contributed by atoms with Gasteiger partial charge in [-0.05, 0) is 36.2 Å². The lowest BCUT2D eigenvalue weighted by Crippen LogP contribution is -2.46. The maximum absolute atomic E-state index is 13.2. The Balaban J connectivity index is 1.76. The molecule has 2 aromatic heterocycles. The molecule has 0 spiro atoms. The van der Waals surface area contributed by atoms with Gasteiger partial charge in [0.15, 0.2) is 5.75 Å². The molecule has 4 aromatic rings. The molecule has 2 amide bonds. The van der Waals surface area contributed by atoms with Crippen molar-refractivity contribution in [2.75, 3.05) is 18.0 Å². The third kappa shape index (κ3) is 2.80. The number of urea groups is 1. The number of amides is 2. The lowest BCUT2D eigenvalue weighted by atomic mass is 10.0. The number of anilines is 1. The summed E-state index contributed by atoms with van der Waals surface area (Å²) < 4.78 is 14.8. The van der Waals surface area contributed by atoms with Crippen molar-refractivity contribution in [1.29, 1.82) is 0 Å². The lowest BCUT2D eigenvalue weighted by molar-refractivity contribution is 0.243. The van der Waals surface area contributed by atoms with Gasteiger partial charge in [-0.15, -0.1) is 0 Å². The second-order valence-electron chi connectivity index (χ2n) is 7.33. The fraction of sp³-hybridized carbons (Fsp3) is 0.182. The van der Waals surface area contributed by atoms with Crippen LogP contribution in [-0.2, 0) is 6.54 Å². The summed E-state index contributed by atoms with van der Waals surface area (Å²) >= 11 is 0. The van der Waals surface area contributed by atoms with E-state index < -0.39 is 0 Å². The molecule has 1 aliphatic rings. The molecule has 30 heavy (non-hydrogen) atoms. The Hall–Kier alpha value is -3.81. The molecule has 0 atom stereocenters. The van der Waals surface area contributed by atoms with Crippen LogP contribution in [0.2, 0.25) is 0 Å². The number of nitrogens with zero attached hydrogens (tertiary/aromatic N) is 3. The largest absolute Gasteiger partial charge is 0.505 e. The van der Waals surface area contributed by atoms with Crippen molar-refractivity contribution in [1.82, 2.24) is 14.9 Å². The van der Waals surface area contributed by atoms with Crippen LogP contribution in [0.3, 0.4) is 0 Å². The molecule has 0 radical (unpaired) electrons. The van der Waals surface area contributed by atoms with Crippen LogP contribution < -0.4 is 10.2 Å². The van der Waals surface area contributed by atoms with E-state index in [9.17, 15) is 19.4 Å². The first-order chi connectivity index (χ1) is 14.5. The molecule has 7 nitrogen and oxygen atoms in total. The average Bonchev–Trinajstić information content (AvgIpc) is 3.07. The minimum Gasteiger partial charge on any atom is -0.505 e. The molecule has 0 bridgehead atoms. The Labute approximate surface area is 171 Å². The molecule has 0 saturated carbocycles.